The Morgan fingerprint density at radius 1 is 1.46 bits per heavy atom. The number of nitrogens with zero attached hydrogens (tertiary/aromatic N) is 4. The van der Waals surface area contributed by atoms with Crippen molar-refractivity contribution < 1.29 is 4.79 Å². The van der Waals surface area contributed by atoms with Crippen LogP contribution in [0.15, 0.2) is 24.5 Å². The van der Waals surface area contributed by atoms with Crippen LogP contribution in [0.4, 0.5) is 16.5 Å². The van der Waals surface area contributed by atoms with Gasteiger partial charge >= 0.3 is 0 Å². The number of hydrogen-bond acceptors (Lipinski definition) is 7. The summed E-state index contributed by atoms with van der Waals surface area (Å²) in [4.78, 5) is 19.4. The highest BCUT2D eigenvalue weighted by Gasteiger charge is 2.25. The second-order valence-electron chi connectivity index (χ2n) is 6.50. The molecule has 1 aliphatic rings. The molecule has 3 aromatic rings. The topological polar surface area (TPSA) is 115 Å². The van der Waals surface area contributed by atoms with Crippen LogP contribution in [0.3, 0.4) is 0 Å². The molecule has 9 heteroatoms. The van der Waals surface area contributed by atoms with E-state index in [-0.39, 0.29) is 11.9 Å². The Morgan fingerprint density at radius 3 is 3.12 bits per heavy atom. The summed E-state index contributed by atoms with van der Waals surface area (Å²) in [6.07, 6.45) is 5.35. The van der Waals surface area contributed by atoms with Gasteiger partial charge in [-0.1, -0.05) is 0 Å². The Morgan fingerprint density at radius 2 is 2.31 bits per heavy atom. The minimum absolute atomic E-state index is 0.128. The van der Waals surface area contributed by atoms with Crippen LogP contribution in [0.2, 0.25) is 0 Å². The lowest BCUT2D eigenvalue weighted by molar-refractivity contribution is 0.102. The van der Waals surface area contributed by atoms with Crippen molar-refractivity contribution in [2.75, 3.05) is 29.0 Å². The number of anilines is 3. The fraction of sp³-hybridized carbons (Fsp3) is 0.353. The molecule has 0 spiro atoms. The zero-order valence-electron chi connectivity index (χ0n) is 14.5. The molecule has 5 N–H and O–H groups in total. The number of rotatable bonds is 3. The van der Waals surface area contributed by atoms with E-state index >= 15 is 0 Å². The lowest BCUT2D eigenvalue weighted by atomic mass is 10.1. The SMILES string of the molecule is Cn1ncc(NC(=O)c2c(N)sc3cccnc23)c1N1CCC[C@@H](N)C1. The third-order valence-electron chi connectivity index (χ3n) is 4.61. The lowest BCUT2D eigenvalue weighted by Crippen LogP contribution is -2.43. The summed E-state index contributed by atoms with van der Waals surface area (Å²) in [5, 5.41) is 7.73. The number of fused-ring (bicyclic) bond motifs is 1. The standard InChI is InChI=1S/C17H21N7OS/c1-23-17(24-7-3-4-10(18)9-24)11(8-21-23)22-16(25)13-14-12(26-15(13)19)5-2-6-20-14/h2,5-6,8,10H,3-4,7,9,18-19H2,1H3,(H,22,25)/t10-/m1/s1. The van der Waals surface area contributed by atoms with Crippen LogP contribution in [0.25, 0.3) is 10.2 Å². The van der Waals surface area contributed by atoms with Crippen LogP contribution in [-0.2, 0) is 7.05 Å². The normalized spacial score (nSPS) is 17.6. The summed E-state index contributed by atoms with van der Waals surface area (Å²) in [5.74, 6) is 0.586. The van der Waals surface area contributed by atoms with Crippen molar-refractivity contribution in [1.29, 1.82) is 0 Å². The zero-order chi connectivity index (χ0) is 18.3. The number of nitrogens with one attached hydrogen (secondary N) is 1. The monoisotopic (exact) mass is 371 g/mol. The Balaban J connectivity index is 1.65. The average Bonchev–Trinajstić information content (AvgIpc) is 3.13. The molecule has 1 atom stereocenters. The van der Waals surface area contributed by atoms with E-state index in [4.69, 9.17) is 11.5 Å². The number of piperidine rings is 1. The highest BCUT2D eigenvalue weighted by atomic mass is 32.1. The van der Waals surface area contributed by atoms with Crippen molar-refractivity contribution >= 4 is 44.0 Å². The van der Waals surface area contributed by atoms with E-state index in [9.17, 15) is 4.79 Å². The van der Waals surface area contributed by atoms with Gasteiger partial charge in [0.2, 0.25) is 0 Å². The van der Waals surface area contributed by atoms with Crippen molar-refractivity contribution in [3.63, 3.8) is 0 Å². The third kappa shape index (κ3) is 2.89. The van der Waals surface area contributed by atoms with Crippen LogP contribution in [0, 0.1) is 0 Å². The van der Waals surface area contributed by atoms with E-state index in [0.29, 0.717) is 21.8 Å². The summed E-state index contributed by atoms with van der Waals surface area (Å²) in [6.45, 7) is 1.63. The summed E-state index contributed by atoms with van der Waals surface area (Å²) in [7, 11) is 1.86. The molecular formula is C17H21N7OS. The van der Waals surface area contributed by atoms with Crippen molar-refractivity contribution in [3.05, 3.63) is 30.1 Å². The number of pyridine rings is 1. The molecule has 4 heterocycles. The fourth-order valence-corrected chi connectivity index (χ4v) is 4.37. The van der Waals surface area contributed by atoms with Gasteiger partial charge in [0.25, 0.3) is 5.91 Å². The molecule has 4 rings (SSSR count). The Bertz CT molecular complexity index is 963. The van der Waals surface area contributed by atoms with Crippen molar-refractivity contribution in [2.24, 2.45) is 12.8 Å². The largest absolute Gasteiger partial charge is 0.390 e. The molecule has 0 aromatic carbocycles. The van der Waals surface area contributed by atoms with E-state index in [1.165, 1.54) is 11.3 Å². The smallest absolute Gasteiger partial charge is 0.261 e. The number of nitrogens with two attached hydrogens (primary N) is 2. The predicted octanol–water partition coefficient (Wildman–Crippen LogP) is 1.79. The van der Waals surface area contributed by atoms with Gasteiger partial charge in [-0.3, -0.25) is 14.5 Å². The van der Waals surface area contributed by atoms with E-state index in [0.717, 1.165) is 36.4 Å². The van der Waals surface area contributed by atoms with Gasteiger partial charge in [0.1, 0.15) is 16.3 Å². The average molecular weight is 371 g/mol. The molecule has 0 unspecified atom stereocenters. The van der Waals surface area contributed by atoms with Crippen LogP contribution < -0.4 is 21.7 Å². The minimum Gasteiger partial charge on any atom is -0.390 e. The predicted molar refractivity (Wildman–Crippen MR) is 105 cm³/mol. The molecule has 0 bridgehead atoms. The second kappa shape index (κ2) is 6.58. The lowest BCUT2D eigenvalue weighted by Gasteiger charge is -2.32. The quantitative estimate of drug-likeness (QED) is 0.646. The maximum Gasteiger partial charge on any atom is 0.261 e. The van der Waals surface area contributed by atoms with Crippen LogP contribution in [0.1, 0.15) is 23.2 Å². The van der Waals surface area contributed by atoms with Gasteiger partial charge in [-0.25, -0.2) is 0 Å². The molecular weight excluding hydrogens is 350 g/mol. The van der Waals surface area contributed by atoms with Gasteiger partial charge in [-0.15, -0.1) is 11.3 Å². The molecule has 1 fully saturated rings. The third-order valence-corrected chi connectivity index (χ3v) is 5.59. The summed E-state index contributed by atoms with van der Waals surface area (Å²) >= 11 is 1.36. The van der Waals surface area contributed by atoms with Crippen LogP contribution >= 0.6 is 11.3 Å². The maximum absolute atomic E-state index is 12.9. The Labute approximate surface area is 154 Å². The first-order valence-electron chi connectivity index (χ1n) is 8.51. The first-order valence-corrected chi connectivity index (χ1v) is 9.33. The van der Waals surface area contributed by atoms with Gasteiger partial charge in [-0.05, 0) is 25.0 Å². The van der Waals surface area contributed by atoms with Gasteiger partial charge in [0.15, 0.2) is 5.82 Å². The summed E-state index contributed by atoms with van der Waals surface area (Å²) in [5.41, 5.74) is 13.9. The molecule has 0 radical (unpaired) electrons. The number of aryl methyl sites for hydroxylation is 1. The highest BCUT2D eigenvalue weighted by molar-refractivity contribution is 7.23. The first kappa shape index (κ1) is 16.8. The molecule has 1 saturated heterocycles. The second-order valence-corrected chi connectivity index (χ2v) is 7.58. The van der Waals surface area contributed by atoms with Gasteiger partial charge < -0.3 is 21.7 Å². The molecule has 3 aromatic heterocycles. The number of hydrogen-bond donors (Lipinski definition) is 3. The molecule has 26 heavy (non-hydrogen) atoms. The molecule has 1 amide bonds. The van der Waals surface area contributed by atoms with E-state index < -0.39 is 0 Å². The van der Waals surface area contributed by atoms with Gasteiger partial charge in [-0.2, -0.15) is 5.10 Å². The first-order chi connectivity index (χ1) is 12.5. The van der Waals surface area contributed by atoms with Crippen molar-refractivity contribution in [3.8, 4) is 0 Å². The fourth-order valence-electron chi connectivity index (χ4n) is 3.45. The zero-order valence-corrected chi connectivity index (χ0v) is 15.3. The highest BCUT2D eigenvalue weighted by Crippen LogP contribution is 2.34. The van der Waals surface area contributed by atoms with Crippen molar-refractivity contribution in [2.45, 2.75) is 18.9 Å². The molecule has 0 aliphatic carbocycles. The Hall–Kier alpha value is -2.65. The number of aromatic nitrogens is 3. The maximum atomic E-state index is 12.9. The van der Waals surface area contributed by atoms with E-state index in [1.807, 2.05) is 19.2 Å². The summed E-state index contributed by atoms with van der Waals surface area (Å²) in [6, 6.07) is 3.87. The number of carbonyl (C=O) groups is 1. The number of carbonyl (C=O) groups excluding carboxylic acids is 1. The van der Waals surface area contributed by atoms with Crippen LogP contribution in [0.5, 0.6) is 0 Å². The molecule has 136 valence electrons. The summed E-state index contributed by atoms with van der Waals surface area (Å²) < 4.78 is 2.66. The number of thiophene rings is 1. The molecule has 8 nitrogen and oxygen atoms in total. The molecule has 0 saturated carbocycles. The minimum atomic E-state index is -0.275. The number of amides is 1. The van der Waals surface area contributed by atoms with Crippen molar-refractivity contribution in [1.82, 2.24) is 14.8 Å². The van der Waals surface area contributed by atoms with E-state index in [1.54, 1.807) is 17.1 Å². The van der Waals surface area contributed by atoms with E-state index in [2.05, 4.69) is 20.3 Å². The molecule has 1 aliphatic heterocycles. The van der Waals surface area contributed by atoms with Crippen LogP contribution in [-0.4, -0.2) is 39.8 Å². The van der Waals surface area contributed by atoms with Gasteiger partial charge in [0.05, 0.1) is 16.4 Å². The Kier molecular flexibility index (Phi) is 4.25. The number of nitrogen functional groups attached to an aromatic ring is 1. The van der Waals surface area contributed by atoms with Gasteiger partial charge in [0, 0.05) is 32.4 Å².